The molecule has 0 bridgehead atoms. The summed E-state index contributed by atoms with van der Waals surface area (Å²) in [7, 11) is 0. The zero-order valence-electron chi connectivity index (χ0n) is 11.2. The largest absolute Gasteiger partial charge is 0.480 e. The molecule has 0 heterocycles. The van der Waals surface area contributed by atoms with Gasteiger partial charge < -0.3 is 10.1 Å². The highest BCUT2D eigenvalue weighted by atomic mass is 79.9. The van der Waals surface area contributed by atoms with Gasteiger partial charge >= 0.3 is 0 Å². The Hall–Kier alpha value is -1.81. The summed E-state index contributed by atoms with van der Waals surface area (Å²) >= 11 is 3.54. The number of hydrogen-bond donors (Lipinski definition) is 1. The van der Waals surface area contributed by atoms with Gasteiger partial charge in [0.2, 0.25) is 0 Å². The maximum Gasteiger partial charge on any atom is 0.261 e. The average molecular weight is 334 g/mol. The minimum Gasteiger partial charge on any atom is -0.480 e. The smallest absolute Gasteiger partial charge is 0.261 e. The topological polar surface area (TPSA) is 38.3 Å². The van der Waals surface area contributed by atoms with Gasteiger partial charge in [-0.15, -0.1) is 6.58 Å². The van der Waals surface area contributed by atoms with Crippen molar-refractivity contribution in [1.82, 2.24) is 5.32 Å². The number of hydrogen-bond acceptors (Lipinski definition) is 2. The second kappa shape index (κ2) is 6.57. The Morgan fingerprint density at radius 2 is 2.15 bits per heavy atom. The second-order valence-corrected chi connectivity index (χ2v) is 5.19. The van der Waals surface area contributed by atoms with Crippen molar-refractivity contribution in [3.8, 4) is 5.75 Å². The van der Waals surface area contributed by atoms with E-state index in [1.165, 1.54) is 0 Å². The van der Waals surface area contributed by atoms with Crippen molar-refractivity contribution in [2.24, 2.45) is 0 Å². The number of carbonyl (C=O) groups is 1. The van der Waals surface area contributed by atoms with Gasteiger partial charge in [0.1, 0.15) is 5.75 Å². The summed E-state index contributed by atoms with van der Waals surface area (Å²) in [5.41, 5.74) is 0. The third-order valence-corrected chi connectivity index (χ3v) is 3.74. The van der Waals surface area contributed by atoms with E-state index in [0.717, 1.165) is 15.2 Å². The highest BCUT2D eigenvalue weighted by molar-refractivity contribution is 9.10. The van der Waals surface area contributed by atoms with E-state index in [-0.39, 0.29) is 5.91 Å². The molecular weight excluding hydrogens is 318 g/mol. The Bertz CT molecular complexity index is 639. The third kappa shape index (κ3) is 3.20. The van der Waals surface area contributed by atoms with E-state index in [9.17, 15) is 4.79 Å². The Balaban J connectivity index is 2.19. The molecule has 1 atom stereocenters. The van der Waals surface area contributed by atoms with E-state index in [0.29, 0.717) is 12.3 Å². The Morgan fingerprint density at radius 3 is 2.90 bits per heavy atom. The fourth-order valence-electron chi connectivity index (χ4n) is 1.87. The molecule has 20 heavy (non-hydrogen) atoms. The van der Waals surface area contributed by atoms with Crippen LogP contribution in [0.15, 0.2) is 53.5 Å². The molecule has 0 aliphatic carbocycles. The number of nitrogens with one attached hydrogen (secondary N) is 1. The van der Waals surface area contributed by atoms with E-state index in [1.807, 2.05) is 36.4 Å². The van der Waals surface area contributed by atoms with Crippen LogP contribution in [0.4, 0.5) is 0 Å². The van der Waals surface area contributed by atoms with E-state index < -0.39 is 6.10 Å². The zero-order chi connectivity index (χ0) is 14.5. The predicted octanol–water partition coefficient (Wildman–Crippen LogP) is 3.67. The van der Waals surface area contributed by atoms with Gasteiger partial charge in [0.15, 0.2) is 6.10 Å². The van der Waals surface area contributed by atoms with Crippen molar-refractivity contribution in [3.63, 3.8) is 0 Å². The summed E-state index contributed by atoms with van der Waals surface area (Å²) in [5.74, 6) is 0.495. The van der Waals surface area contributed by atoms with Gasteiger partial charge in [0, 0.05) is 6.54 Å². The maximum atomic E-state index is 11.8. The molecule has 1 amide bonds. The van der Waals surface area contributed by atoms with E-state index in [1.54, 1.807) is 13.0 Å². The summed E-state index contributed by atoms with van der Waals surface area (Å²) in [5, 5.41) is 4.89. The lowest BCUT2D eigenvalue weighted by molar-refractivity contribution is -0.127. The molecule has 0 saturated carbocycles. The Morgan fingerprint density at radius 1 is 1.40 bits per heavy atom. The first-order valence-corrected chi connectivity index (χ1v) is 7.15. The van der Waals surface area contributed by atoms with Gasteiger partial charge in [-0.2, -0.15) is 0 Å². The molecule has 0 aromatic heterocycles. The summed E-state index contributed by atoms with van der Waals surface area (Å²) in [6, 6.07) is 11.8. The van der Waals surface area contributed by atoms with E-state index >= 15 is 0 Å². The van der Waals surface area contributed by atoms with Crippen LogP contribution in [0, 0.1) is 0 Å². The maximum absolute atomic E-state index is 11.8. The average Bonchev–Trinajstić information content (AvgIpc) is 2.47. The fraction of sp³-hybridized carbons (Fsp3) is 0.188. The number of benzene rings is 2. The number of fused-ring (bicyclic) bond motifs is 1. The van der Waals surface area contributed by atoms with Crippen molar-refractivity contribution in [2.45, 2.75) is 13.0 Å². The van der Waals surface area contributed by atoms with Crippen LogP contribution in [-0.2, 0) is 4.79 Å². The Labute approximate surface area is 126 Å². The molecular formula is C16H16BrNO2. The van der Waals surface area contributed by atoms with Crippen LogP contribution in [0.2, 0.25) is 0 Å². The zero-order valence-corrected chi connectivity index (χ0v) is 12.8. The molecule has 2 rings (SSSR count). The van der Waals surface area contributed by atoms with Crippen molar-refractivity contribution >= 4 is 32.6 Å². The molecule has 0 aliphatic rings. The summed E-state index contributed by atoms with van der Waals surface area (Å²) in [4.78, 5) is 11.8. The van der Waals surface area contributed by atoms with Crippen molar-refractivity contribution < 1.29 is 9.53 Å². The quantitative estimate of drug-likeness (QED) is 0.848. The van der Waals surface area contributed by atoms with Gasteiger partial charge in [-0.25, -0.2) is 0 Å². The normalized spacial score (nSPS) is 11.9. The number of rotatable bonds is 5. The third-order valence-electron chi connectivity index (χ3n) is 2.92. The minimum absolute atomic E-state index is 0.162. The first-order chi connectivity index (χ1) is 9.63. The number of carbonyl (C=O) groups excluding carboxylic acids is 1. The number of halogens is 1. The van der Waals surface area contributed by atoms with Gasteiger partial charge in [0.05, 0.1) is 4.47 Å². The lowest BCUT2D eigenvalue weighted by Gasteiger charge is -2.16. The molecule has 0 fully saturated rings. The molecule has 0 radical (unpaired) electrons. The fourth-order valence-corrected chi connectivity index (χ4v) is 2.45. The van der Waals surface area contributed by atoms with E-state index in [4.69, 9.17) is 4.74 Å². The summed E-state index contributed by atoms with van der Waals surface area (Å²) in [6.45, 7) is 5.72. The molecule has 1 N–H and O–H groups in total. The van der Waals surface area contributed by atoms with Crippen LogP contribution in [0.1, 0.15) is 6.92 Å². The highest BCUT2D eigenvalue weighted by Gasteiger charge is 2.15. The molecule has 0 aliphatic heterocycles. The van der Waals surface area contributed by atoms with Gasteiger partial charge in [-0.1, -0.05) is 36.4 Å². The monoisotopic (exact) mass is 333 g/mol. The summed E-state index contributed by atoms with van der Waals surface area (Å²) < 4.78 is 6.58. The van der Waals surface area contributed by atoms with Crippen molar-refractivity contribution in [2.75, 3.05) is 6.54 Å². The summed E-state index contributed by atoms with van der Waals surface area (Å²) in [6.07, 6.45) is 1.07. The molecule has 104 valence electrons. The minimum atomic E-state index is -0.563. The molecule has 0 saturated heterocycles. The lowest BCUT2D eigenvalue weighted by atomic mass is 10.1. The molecule has 4 heteroatoms. The Kier molecular flexibility index (Phi) is 4.79. The van der Waals surface area contributed by atoms with Gasteiger partial charge in [-0.3, -0.25) is 4.79 Å². The van der Waals surface area contributed by atoms with Crippen LogP contribution >= 0.6 is 15.9 Å². The molecule has 3 nitrogen and oxygen atoms in total. The SMILES string of the molecule is C=CCNC(=O)C(C)Oc1ccc2ccccc2c1Br. The lowest BCUT2D eigenvalue weighted by Crippen LogP contribution is -2.36. The van der Waals surface area contributed by atoms with Crippen molar-refractivity contribution in [1.29, 1.82) is 0 Å². The number of amides is 1. The van der Waals surface area contributed by atoms with Crippen LogP contribution in [0.5, 0.6) is 5.75 Å². The molecule has 0 spiro atoms. The standard InChI is InChI=1S/C16H16BrNO2/c1-3-10-18-16(19)11(2)20-14-9-8-12-6-4-5-7-13(12)15(14)17/h3-9,11H,1,10H2,2H3,(H,18,19). The van der Waals surface area contributed by atoms with Crippen molar-refractivity contribution in [3.05, 3.63) is 53.5 Å². The van der Waals surface area contributed by atoms with E-state index in [2.05, 4.69) is 27.8 Å². The molecule has 2 aromatic carbocycles. The van der Waals surface area contributed by atoms with Crippen LogP contribution in [-0.4, -0.2) is 18.6 Å². The van der Waals surface area contributed by atoms with Crippen LogP contribution < -0.4 is 10.1 Å². The van der Waals surface area contributed by atoms with Gasteiger partial charge in [-0.05, 0) is 39.7 Å². The first-order valence-electron chi connectivity index (χ1n) is 6.36. The second-order valence-electron chi connectivity index (χ2n) is 4.39. The van der Waals surface area contributed by atoms with Crippen LogP contribution in [0.3, 0.4) is 0 Å². The van der Waals surface area contributed by atoms with Crippen LogP contribution in [0.25, 0.3) is 10.8 Å². The predicted molar refractivity (Wildman–Crippen MR) is 84.9 cm³/mol. The molecule has 1 unspecified atom stereocenters. The van der Waals surface area contributed by atoms with Gasteiger partial charge in [0.25, 0.3) is 5.91 Å². The molecule has 2 aromatic rings. The number of ether oxygens (including phenoxy) is 1. The first kappa shape index (κ1) is 14.6. The highest BCUT2D eigenvalue weighted by Crippen LogP contribution is 2.33.